The van der Waals surface area contributed by atoms with Gasteiger partial charge < -0.3 is 9.47 Å². The summed E-state index contributed by atoms with van der Waals surface area (Å²) in [4.78, 5) is 22.3. The molecule has 0 N–H and O–H groups in total. The zero-order chi connectivity index (χ0) is 12.3. The van der Waals surface area contributed by atoms with E-state index in [4.69, 9.17) is 9.47 Å². The Hall–Kier alpha value is -0.100. The highest BCUT2D eigenvalue weighted by Gasteiger charge is 2.38. The largest absolute Gasteiger partial charge is 0.459 e. The first-order chi connectivity index (χ1) is 7.40. The smallest absolute Gasteiger partial charge is 0.303 e. The molecule has 92 valence electrons. The normalized spacial score (nSPS) is 34.2. The molecule has 1 fully saturated rings. The van der Waals surface area contributed by atoms with E-state index in [-0.39, 0.29) is 33.8 Å². The molecule has 0 radical (unpaired) electrons. The molecule has 1 aliphatic carbocycles. The molecular formula is C10H14Br2O4. The Bertz CT molecular complexity index is 254. The summed E-state index contributed by atoms with van der Waals surface area (Å²) in [7, 11) is 0. The summed E-state index contributed by atoms with van der Waals surface area (Å²) in [6.07, 6.45) is 0.542. The van der Waals surface area contributed by atoms with Gasteiger partial charge >= 0.3 is 11.9 Å². The Morgan fingerprint density at radius 1 is 0.938 bits per heavy atom. The average molecular weight is 358 g/mol. The minimum atomic E-state index is -0.362. The van der Waals surface area contributed by atoms with Crippen molar-refractivity contribution in [1.29, 1.82) is 0 Å². The molecule has 1 saturated carbocycles. The van der Waals surface area contributed by atoms with Crippen molar-refractivity contribution >= 4 is 43.8 Å². The van der Waals surface area contributed by atoms with Gasteiger partial charge in [0.2, 0.25) is 0 Å². The second kappa shape index (κ2) is 6.00. The zero-order valence-electron chi connectivity index (χ0n) is 9.11. The summed E-state index contributed by atoms with van der Waals surface area (Å²) < 4.78 is 10.3. The van der Waals surface area contributed by atoms with Crippen molar-refractivity contribution in [2.45, 2.75) is 48.6 Å². The molecule has 0 aliphatic heterocycles. The van der Waals surface area contributed by atoms with Gasteiger partial charge in [0, 0.05) is 36.3 Å². The Balaban J connectivity index is 2.66. The van der Waals surface area contributed by atoms with Crippen LogP contribution in [0.2, 0.25) is 0 Å². The molecular weight excluding hydrogens is 344 g/mol. The van der Waals surface area contributed by atoms with Crippen molar-refractivity contribution in [3.05, 3.63) is 0 Å². The molecule has 1 aliphatic rings. The van der Waals surface area contributed by atoms with Gasteiger partial charge in [-0.05, 0) is 0 Å². The SMILES string of the molecule is CC(=O)O[C@H]1C[C@@H](Br)[C@H](Br)C[C@H]1OC(C)=O. The van der Waals surface area contributed by atoms with Crippen LogP contribution in [0.1, 0.15) is 26.7 Å². The van der Waals surface area contributed by atoms with Gasteiger partial charge in [-0.15, -0.1) is 0 Å². The summed E-state index contributed by atoms with van der Waals surface area (Å²) >= 11 is 7.00. The van der Waals surface area contributed by atoms with E-state index < -0.39 is 0 Å². The van der Waals surface area contributed by atoms with Crippen LogP contribution in [0.3, 0.4) is 0 Å². The highest BCUT2D eigenvalue weighted by molar-refractivity contribution is 9.12. The summed E-state index contributed by atoms with van der Waals surface area (Å²) in [6.45, 7) is 2.71. The van der Waals surface area contributed by atoms with E-state index in [1.54, 1.807) is 0 Å². The minimum Gasteiger partial charge on any atom is -0.459 e. The van der Waals surface area contributed by atoms with Crippen LogP contribution >= 0.6 is 31.9 Å². The van der Waals surface area contributed by atoms with E-state index in [1.165, 1.54) is 13.8 Å². The quantitative estimate of drug-likeness (QED) is 0.561. The van der Waals surface area contributed by atoms with E-state index in [0.29, 0.717) is 12.8 Å². The van der Waals surface area contributed by atoms with E-state index >= 15 is 0 Å². The number of ether oxygens (including phenoxy) is 2. The third kappa shape index (κ3) is 4.05. The molecule has 16 heavy (non-hydrogen) atoms. The van der Waals surface area contributed by atoms with Gasteiger partial charge in [-0.2, -0.15) is 0 Å². The lowest BCUT2D eigenvalue weighted by Gasteiger charge is -2.35. The Morgan fingerprint density at radius 2 is 1.25 bits per heavy atom. The number of halogens is 2. The van der Waals surface area contributed by atoms with Crippen LogP contribution in [-0.2, 0) is 19.1 Å². The second-order valence-electron chi connectivity index (χ2n) is 3.80. The lowest BCUT2D eigenvalue weighted by atomic mass is 9.94. The predicted octanol–water partition coefficient (Wildman–Crippen LogP) is 2.17. The van der Waals surface area contributed by atoms with Crippen molar-refractivity contribution in [2.75, 3.05) is 0 Å². The average Bonchev–Trinajstić information content (AvgIpc) is 2.11. The molecule has 0 bridgehead atoms. The molecule has 4 atom stereocenters. The van der Waals surface area contributed by atoms with Crippen molar-refractivity contribution in [3.63, 3.8) is 0 Å². The number of esters is 2. The first-order valence-electron chi connectivity index (χ1n) is 5.02. The third-order valence-corrected chi connectivity index (χ3v) is 5.09. The van der Waals surface area contributed by atoms with Crippen LogP contribution in [0.4, 0.5) is 0 Å². The van der Waals surface area contributed by atoms with E-state index in [1.807, 2.05) is 0 Å². The standard InChI is InChI=1S/C10H14Br2O4/c1-5(13)15-9-3-7(11)8(12)4-10(9)16-6(2)14/h7-10H,3-4H2,1-2H3/t7-,8-,9-,10+/m1/s1. The Kier molecular flexibility index (Phi) is 5.24. The van der Waals surface area contributed by atoms with Gasteiger partial charge in [0.05, 0.1) is 0 Å². The maximum Gasteiger partial charge on any atom is 0.303 e. The number of hydrogen-bond acceptors (Lipinski definition) is 4. The first kappa shape index (κ1) is 14.0. The highest BCUT2D eigenvalue weighted by atomic mass is 79.9. The van der Waals surface area contributed by atoms with Crippen LogP contribution in [-0.4, -0.2) is 33.8 Å². The van der Waals surface area contributed by atoms with E-state index in [0.717, 1.165) is 0 Å². The monoisotopic (exact) mass is 356 g/mol. The number of carbonyl (C=O) groups is 2. The number of hydrogen-bond donors (Lipinski definition) is 0. The van der Waals surface area contributed by atoms with Crippen molar-refractivity contribution < 1.29 is 19.1 Å². The summed E-state index contributed by atoms with van der Waals surface area (Å²) in [5.74, 6) is -0.704. The van der Waals surface area contributed by atoms with Crippen LogP contribution in [0.25, 0.3) is 0 Å². The van der Waals surface area contributed by atoms with Gasteiger partial charge in [-0.25, -0.2) is 0 Å². The van der Waals surface area contributed by atoms with Gasteiger partial charge in [0.25, 0.3) is 0 Å². The Morgan fingerprint density at radius 3 is 1.50 bits per heavy atom. The van der Waals surface area contributed by atoms with Crippen LogP contribution < -0.4 is 0 Å². The lowest BCUT2D eigenvalue weighted by molar-refractivity contribution is -0.168. The zero-order valence-corrected chi connectivity index (χ0v) is 12.3. The molecule has 6 heteroatoms. The van der Waals surface area contributed by atoms with Crippen LogP contribution in [0.15, 0.2) is 0 Å². The van der Waals surface area contributed by atoms with Crippen LogP contribution in [0, 0.1) is 0 Å². The van der Waals surface area contributed by atoms with Gasteiger partial charge in [0.1, 0.15) is 12.2 Å². The predicted molar refractivity (Wildman–Crippen MR) is 65.8 cm³/mol. The summed E-state index contributed by atoms with van der Waals surface area (Å²) in [6, 6.07) is 0. The molecule has 0 heterocycles. The molecule has 0 aromatic carbocycles. The fraction of sp³-hybridized carbons (Fsp3) is 0.800. The maximum absolute atomic E-state index is 10.9. The topological polar surface area (TPSA) is 52.6 Å². The molecule has 0 saturated heterocycles. The molecule has 4 nitrogen and oxygen atoms in total. The summed E-state index contributed by atoms with van der Waals surface area (Å²) in [5.41, 5.74) is 0. The van der Waals surface area contributed by atoms with Gasteiger partial charge in [-0.1, -0.05) is 31.9 Å². The second-order valence-corrected chi connectivity index (χ2v) is 6.15. The fourth-order valence-corrected chi connectivity index (χ4v) is 2.89. The highest BCUT2D eigenvalue weighted by Crippen LogP contribution is 2.33. The van der Waals surface area contributed by atoms with E-state index in [9.17, 15) is 9.59 Å². The molecule has 0 unspecified atom stereocenters. The van der Waals surface area contributed by atoms with Crippen LogP contribution in [0.5, 0.6) is 0 Å². The molecule has 0 amide bonds. The maximum atomic E-state index is 10.9. The fourth-order valence-electron chi connectivity index (χ4n) is 1.72. The third-order valence-electron chi connectivity index (χ3n) is 2.36. The van der Waals surface area contributed by atoms with Gasteiger partial charge in [-0.3, -0.25) is 9.59 Å². The molecule has 1 rings (SSSR count). The van der Waals surface area contributed by atoms with Crippen molar-refractivity contribution in [1.82, 2.24) is 0 Å². The number of carbonyl (C=O) groups excluding carboxylic acids is 2. The number of alkyl halides is 2. The summed E-state index contributed by atoms with van der Waals surface area (Å²) in [5, 5.41) is 0. The number of rotatable bonds is 2. The lowest BCUT2D eigenvalue weighted by Crippen LogP contribution is -2.44. The van der Waals surface area contributed by atoms with E-state index in [2.05, 4.69) is 31.9 Å². The Labute approximate surface area is 111 Å². The van der Waals surface area contributed by atoms with Crippen molar-refractivity contribution in [3.8, 4) is 0 Å². The first-order valence-corrected chi connectivity index (χ1v) is 6.86. The van der Waals surface area contributed by atoms with Gasteiger partial charge in [0.15, 0.2) is 0 Å². The van der Waals surface area contributed by atoms with Crippen molar-refractivity contribution in [2.24, 2.45) is 0 Å². The minimum absolute atomic E-state index is 0.212. The molecule has 0 aromatic heterocycles. The molecule has 0 aromatic rings. The molecule has 0 spiro atoms.